The molecule has 1 aliphatic rings. The van der Waals surface area contributed by atoms with E-state index in [-0.39, 0.29) is 5.56 Å². The molecule has 3 nitrogen and oxygen atoms in total. The second-order valence-corrected chi connectivity index (χ2v) is 5.45. The maximum atomic E-state index is 13.9. The van der Waals surface area contributed by atoms with Gasteiger partial charge in [0.2, 0.25) is 0 Å². The highest BCUT2D eigenvalue weighted by atomic mass is 19.2. The zero-order valence-electron chi connectivity index (χ0n) is 12.1. The van der Waals surface area contributed by atoms with Crippen molar-refractivity contribution < 1.29 is 22.7 Å². The Bertz CT molecular complexity index is 777. The second-order valence-electron chi connectivity index (χ2n) is 5.45. The van der Waals surface area contributed by atoms with E-state index in [1.54, 1.807) is 18.2 Å². The van der Waals surface area contributed by atoms with Gasteiger partial charge >= 0.3 is 6.09 Å². The largest absolute Gasteiger partial charge is 0.442 e. The fraction of sp³-hybridized carbons (Fsp3) is 0.235. The van der Waals surface area contributed by atoms with Gasteiger partial charge in [0.25, 0.3) is 0 Å². The summed E-state index contributed by atoms with van der Waals surface area (Å²) in [7, 11) is 0. The Morgan fingerprint density at radius 3 is 2.65 bits per heavy atom. The van der Waals surface area contributed by atoms with Gasteiger partial charge < -0.3 is 10.5 Å². The van der Waals surface area contributed by atoms with E-state index in [9.17, 15) is 18.0 Å². The number of nitrogens with two attached hydrogens (primary N) is 1. The van der Waals surface area contributed by atoms with Crippen molar-refractivity contribution in [2.24, 2.45) is 5.73 Å². The van der Waals surface area contributed by atoms with Crippen molar-refractivity contribution >= 4 is 6.09 Å². The van der Waals surface area contributed by atoms with E-state index in [0.717, 1.165) is 30.0 Å². The number of rotatable bonds is 2. The van der Waals surface area contributed by atoms with Gasteiger partial charge in [-0.1, -0.05) is 18.2 Å². The van der Waals surface area contributed by atoms with E-state index < -0.39 is 29.6 Å². The molecule has 1 aliphatic carbocycles. The highest BCUT2D eigenvalue weighted by molar-refractivity contribution is 5.67. The van der Waals surface area contributed by atoms with Crippen LogP contribution in [0.4, 0.5) is 18.0 Å². The number of benzene rings is 2. The van der Waals surface area contributed by atoms with Gasteiger partial charge in [0.1, 0.15) is 6.10 Å². The smallest absolute Gasteiger partial charge is 0.405 e. The van der Waals surface area contributed by atoms with Crippen LogP contribution >= 0.6 is 0 Å². The quantitative estimate of drug-likeness (QED) is 0.841. The van der Waals surface area contributed by atoms with Crippen LogP contribution in [0.3, 0.4) is 0 Å². The Balaban J connectivity index is 2.01. The van der Waals surface area contributed by atoms with E-state index in [0.29, 0.717) is 12.0 Å². The average molecular weight is 321 g/mol. The van der Waals surface area contributed by atoms with Crippen LogP contribution in [0, 0.1) is 17.5 Å². The molecule has 2 aromatic carbocycles. The Morgan fingerprint density at radius 1 is 1.13 bits per heavy atom. The molecule has 23 heavy (non-hydrogen) atoms. The Hall–Kier alpha value is -2.50. The molecule has 0 aromatic heterocycles. The summed E-state index contributed by atoms with van der Waals surface area (Å²) in [5.41, 5.74) is 7.18. The summed E-state index contributed by atoms with van der Waals surface area (Å²) < 4.78 is 45.5. The minimum Gasteiger partial charge on any atom is -0.442 e. The van der Waals surface area contributed by atoms with Gasteiger partial charge in [0, 0.05) is 5.56 Å². The molecule has 0 bridgehead atoms. The summed E-state index contributed by atoms with van der Waals surface area (Å²) in [6, 6.07) is 7.11. The maximum Gasteiger partial charge on any atom is 0.405 e. The normalized spacial score (nSPS) is 16.7. The van der Waals surface area contributed by atoms with Crippen LogP contribution in [-0.4, -0.2) is 6.09 Å². The van der Waals surface area contributed by atoms with Gasteiger partial charge in [0.05, 0.1) is 0 Å². The maximum absolute atomic E-state index is 13.9. The van der Waals surface area contributed by atoms with Gasteiger partial charge in [-0.15, -0.1) is 0 Å². The van der Waals surface area contributed by atoms with Crippen molar-refractivity contribution in [1.82, 2.24) is 0 Å². The van der Waals surface area contributed by atoms with Crippen molar-refractivity contribution in [2.75, 3.05) is 0 Å². The SMILES string of the molecule is NC(=O)OC1CCCc2cc(-c3ccc(F)c(F)c3F)ccc21. The third-order valence-electron chi connectivity index (χ3n) is 4.01. The number of aryl methyl sites for hydroxylation is 1. The number of halogens is 3. The molecule has 0 aliphatic heterocycles. The molecule has 0 fully saturated rings. The average Bonchev–Trinajstić information content (AvgIpc) is 2.52. The Kier molecular flexibility index (Phi) is 3.98. The predicted molar refractivity (Wildman–Crippen MR) is 78.1 cm³/mol. The Morgan fingerprint density at radius 2 is 1.91 bits per heavy atom. The molecule has 2 N–H and O–H groups in total. The summed E-state index contributed by atoms with van der Waals surface area (Å²) in [4.78, 5) is 11.0. The van der Waals surface area contributed by atoms with Crippen molar-refractivity contribution in [3.8, 4) is 11.1 Å². The van der Waals surface area contributed by atoms with E-state index in [1.165, 1.54) is 6.07 Å². The molecule has 1 unspecified atom stereocenters. The van der Waals surface area contributed by atoms with Gasteiger partial charge in [-0.25, -0.2) is 18.0 Å². The number of primary amides is 1. The van der Waals surface area contributed by atoms with Crippen LogP contribution in [-0.2, 0) is 11.2 Å². The summed E-state index contributed by atoms with van der Waals surface area (Å²) in [5, 5.41) is 0. The van der Waals surface area contributed by atoms with E-state index >= 15 is 0 Å². The van der Waals surface area contributed by atoms with E-state index in [2.05, 4.69) is 0 Å². The molecule has 2 aromatic rings. The molecule has 0 saturated carbocycles. The van der Waals surface area contributed by atoms with Crippen molar-refractivity contribution in [2.45, 2.75) is 25.4 Å². The van der Waals surface area contributed by atoms with Crippen LogP contribution in [0.25, 0.3) is 11.1 Å². The van der Waals surface area contributed by atoms with E-state index in [4.69, 9.17) is 10.5 Å². The standard InChI is InChI=1S/C17H14F3NO2/c18-13-7-6-12(15(19)16(13)20)10-4-5-11-9(8-10)2-1-3-14(11)23-17(21)22/h4-8,14H,1-3H2,(H2,21,22). The first-order valence-corrected chi connectivity index (χ1v) is 7.20. The fourth-order valence-electron chi connectivity index (χ4n) is 2.95. The van der Waals surface area contributed by atoms with Gasteiger partial charge in [-0.05, 0) is 48.1 Å². The first-order chi connectivity index (χ1) is 11.0. The van der Waals surface area contributed by atoms with Crippen LogP contribution in [0.5, 0.6) is 0 Å². The lowest BCUT2D eigenvalue weighted by atomic mass is 9.87. The lowest BCUT2D eigenvalue weighted by Gasteiger charge is -2.25. The summed E-state index contributed by atoms with van der Waals surface area (Å²) in [6.45, 7) is 0. The minimum atomic E-state index is -1.49. The molecule has 0 radical (unpaired) electrons. The summed E-state index contributed by atoms with van der Waals surface area (Å²) in [6.07, 6.45) is 0.898. The summed E-state index contributed by atoms with van der Waals surface area (Å²) in [5.74, 6) is -3.93. The third kappa shape index (κ3) is 2.88. The van der Waals surface area contributed by atoms with Crippen LogP contribution < -0.4 is 5.73 Å². The molecular formula is C17H14F3NO2. The second kappa shape index (κ2) is 5.95. The fourth-order valence-corrected chi connectivity index (χ4v) is 2.95. The Labute approximate surface area is 130 Å². The van der Waals surface area contributed by atoms with Crippen molar-refractivity contribution in [3.63, 3.8) is 0 Å². The number of amides is 1. The van der Waals surface area contributed by atoms with Crippen molar-refractivity contribution in [1.29, 1.82) is 0 Å². The lowest BCUT2D eigenvalue weighted by Crippen LogP contribution is -2.20. The zero-order valence-corrected chi connectivity index (χ0v) is 12.1. The molecule has 0 heterocycles. The monoisotopic (exact) mass is 321 g/mol. The molecule has 1 amide bonds. The van der Waals surface area contributed by atoms with Crippen LogP contribution in [0.1, 0.15) is 30.1 Å². The van der Waals surface area contributed by atoms with Crippen LogP contribution in [0.15, 0.2) is 30.3 Å². The van der Waals surface area contributed by atoms with Gasteiger partial charge in [-0.3, -0.25) is 0 Å². The molecule has 1 atom stereocenters. The summed E-state index contributed by atoms with van der Waals surface area (Å²) >= 11 is 0. The molecular weight excluding hydrogens is 307 g/mol. The number of hydrogen-bond acceptors (Lipinski definition) is 2. The first kappa shape index (κ1) is 15.4. The molecule has 0 saturated heterocycles. The minimum absolute atomic E-state index is 0.00959. The van der Waals surface area contributed by atoms with Gasteiger partial charge in [-0.2, -0.15) is 0 Å². The first-order valence-electron chi connectivity index (χ1n) is 7.20. The number of ether oxygens (including phenoxy) is 1. The van der Waals surface area contributed by atoms with Crippen molar-refractivity contribution in [3.05, 3.63) is 58.9 Å². The highest BCUT2D eigenvalue weighted by Gasteiger charge is 2.24. The zero-order chi connectivity index (χ0) is 16.6. The number of carbonyl (C=O) groups excluding carboxylic acids is 1. The lowest BCUT2D eigenvalue weighted by molar-refractivity contribution is 0.0959. The highest BCUT2D eigenvalue weighted by Crippen LogP contribution is 2.36. The topological polar surface area (TPSA) is 52.3 Å². The van der Waals surface area contributed by atoms with Gasteiger partial charge in [0.15, 0.2) is 17.5 Å². The molecule has 0 spiro atoms. The third-order valence-corrected chi connectivity index (χ3v) is 4.01. The predicted octanol–water partition coefficient (Wildman–Crippen LogP) is 4.24. The molecule has 3 rings (SSSR count). The molecule has 120 valence electrons. The van der Waals surface area contributed by atoms with E-state index in [1.807, 2.05) is 0 Å². The van der Waals surface area contributed by atoms with Crippen LogP contribution in [0.2, 0.25) is 0 Å². The number of fused-ring (bicyclic) bond motifs is 1. The number of carbonyl (C=O) groups is 1. The number of hydrogen-bond donors (Lipinski definition) is 1. The molecule has 6 heteroatoms.